The molecule has 0 radical (unpaired) electrons. The highest BCUT2D eigenvalue weighted by Crippen LogP contribution is 2.27. The molecule has 0 aromatic heterocycles. The van der Waals surface area contributed by atoms with Gasteiger partial charge in [0.2, 0.25) is 5.91 Å². The quantitative estimate of drug-likeness (QED) is 0.893. The van der Waals surface area contributed by atoms with Crippen LogP contribution in [0.15, 0.2) is 30.3 Å². The summed E-state index contributed by atoms with van der Waals surface area (Å²) in [5.41, 5.74) is 7.09. The van der Waals surface area contributed by atoms with E-state index in [1.54, 1.807) is 0 Å². The highest BCUT2D eigenvalue weighted by molar-refractivity contribution is 5.86. The molecule has 4 nitrogen and oxygen atoms in total. The van der Waals surface area contributed by atoms with Crippen molar-refractivity contribution in [2.45, 2.75) is 69.5 Å². The van der Waals surface area contributed by atoms with Gasteiger partial charge in [0.25, 0.3) is 0 Å². The first-order valence-corrected chi connectivity index (χ1v) is 9.47. The predicted molar refractivity (Wildman–Crippen MR) is 97.6 cm³/mol. The highest BCUT2D eigenvalue weighted by atomic mass is 16.2. The molecule has 1 saturated carbocycles. The molecule has 1 amide bonds. The number of nitrogens with zero attached hydrogens (tertiary/aromatic N) is 1. The first-order valence-electron chi connectivity index (χ1n) is 9.47. The van der Waals surface area contributed by atoms with Crippen LogP contribution >= 0.6 is 0 Å². The molecule has 0 bridgehead atoms. The number of nitrogens with two attached hydrogens (primary N) is 1. The first-order chi connectivity index (χ1) is 11.6. The SMILES string of the molecule is CC(c1ccccc1)N1CCC(NC(=O)C2(N)CCCCC2)CC1. The number of benzene rings is 1. The van der Waals surface area contributed by atoms with Crippen LogP contribution in [0.4, 0.5) is 0 Å². The average molecular weight is 329 g/mol. The Labute approximate surface area is 145 Å². The predicted octanol–water partition coefficient (Wildman–Crippen LogP) is 2.99. The van der Waals surface area contributed by atoms with Crippen molar-refractivity contribution in [2.24, 2.45) is 5.73 Å². The van der Waals surface area contributed by atoms with Crippen LogP contribution in [-0.2, 0) is 4.79 Å². The smallest absolute Gasteiger partial charge is 0.240 e. The Morgan fingerprint density at radius 1 is 1.17 bits per heavy atom. The number of nitrogens with one attached hydrogen (secondary N) is 1. The van der Waals surface area contributed by atoms with Crippen LogP contribution in [0, 0.1) is 0 Å². The van der Waals surface area contributed by atoms with Gasteiger partial charge in [0.1, 0.15) is 0 Å². The molecule has 3 N–H and O–H groups in total. The standard InChI is InChI=1S/C20H31N3O/c1-16(17-8-4-2-5-9-17)23-14-10-18(11-15-23)22-19(24)20(21)12-6-3-7-13-20/h2,4-5,8-9,16,18H,3,6-7,10-15,21H2,1H3,(H,22,24). The van der Waals surface area contributed by atoms with Gasteiger partial charge in [0.15, 0.2) is 0 Å². The van der Waals surface area contributed by atoms with Crippen LogP contribution < -0.4 is 11.1 Å². The maximum absolute atomic E-state index is 12.6. The summed E-state index contributed by atoms with van der Waals surface area (Å²) in [6, 6.07) is 11.4. The fourth-order valence-corrected chi connectivity index (χ4v) is 4.11. The number of carbonyl (C=O) groups excluding carboxylic acids is 1. The normalized spacial score (nSPS) is 23.6. The molecule has 132 valence electrons. The molecule has 1 atom stereocenters. The van der Waals surface area contributed by atoms with Crippen LogP contribution in [0.5, 0.6) is 0 Å². The van der Waals surface area contributed by atoms with Crippen molar-refractivity contribution in [3.63, 3.8) is 0 Å². The zero-order valence-electron chi connectivity index (χ0n) is 14.8. The van der Waals surface area contributed by atoms with E-state index >= 15 is 0 Å². The molecule has 1 aromatic carbocycles. The lowest BCUT2D eigenvalue weighted by molar-refractivity contribution is -0.128. The maximum atomic E-state index is 12.6. The zero-order valence-corrected chi connectivity index (χ0v) is 14.8. The minimum absolute atomic E-state index is 0.0803. The topological polar surface area (TPSA) is 58.4 Å². The second-order valence-electron chi connectivity index (χ2n) is 7.59. The number of hydrogen-bond acceptors (Lipinski definition) is 3. The molecule has 0 spiro atoms. The van der Waals surface area contributed by atoms with Gasteiger partial charge in [-0.25, -0.2) is 0 Å². The molecular formula is C20H31N3O. The molecule has 2 aliphatic rings. The van der Waals surface area contributed by atoms with Gasteiger partial charge >= 0.3 is 0 Å². The highest BCUT2D eigenvalue weighted by Gasteiger charge is 2.36. The summed E-state index contributed by atoms with van der Waals surface area (Å²) in [7, 11) is 0. The van der Waals surface area contributed by atoms with Crippen molar-refractivity contribution in [2.75, 3.05) is 13.1 Å². The van der Waals surface area contributed by atoms with Gasteiger partial charge in [-0.2, -0.15) is 0 Å². The van der Waals surface area contributed by atoms with Gasteiger partial charge in [-0.3, -0.25) is 9.69 Å². The Morgan fingerprint density at radius 2 is 1.79 bits per heavy atom. The van der Waals surface area contributed by atoms with Crippen LogP contribution in [0.1, 0.15) is 63.5 Å². The van der Waals surface area contributed by atoms with Gasteiger partial charge in [-0.1, -0.05) is 49.6 Å². The lowest BCUT2D eigenvalue weighted by Crippen LogP contribution is -2.58. The Hall–Kier alpha value is -1.39. The van der Waals surface area contributed by atoms with Crippen molar-refractivity contribution in [3.05, 3.63) is 35.9 Å². The lowest BCUT2D eigenvalue weighted by atomic mass is 9.81. The van der Waals surface area contributed by atoms with Crippen molar-refractivity contribution < 1.29 is 4.79 Å². The van der Waals surface area contributed by atoms with Crippen LogP contribution in [-0.4, -0.2) is 35.5 Å². The van der Waals surface area contributed by atoms with E-state index in [-0.39, 0.29) is 11.9 Å². The second kappa shape index (κ2) is 7.66. The summed E-state index contributed by atoms with van der Waals surface area (Å²) in [6.45, 7) is 4.32. The number of amides is 1. The molecule has 1 aliphatic heterocycles. The Kier molecular flexibility index (Phi) is 5.57. The molecule has 1 aliphatic carbocycles. The van der Waals surface area contributed by atoms with E-state index in [4.69, 9.17) is 5.73 Å². The van der Waals surface area contributed by atoms with E-state index in [1.165, 1.54) is 12.0 Å². The van der Waals surface area contributed by atoms with E-state index in [1.807, 2.05) is 0 Å². The van der Waals surface area contributed by atoms with Gasteiger partial charge in [0.05, 0.1) is 5.54 Å². The van der Waals surface area contributed by atoms with Gasteiger partial charge in [0, 0.05) is 25.2 Å². The molecule has 24 heavy (non-hydrogen) atoms. The van der Waals surface area contributed by atoms with Crippen LogP contribution in [0.2, 0.25) is 0 Å². The van der Waals surface area contributed by atoms with Crippen molar-refractivity contribution >= 4 is 5.91 Å². The Balaban J connectivity index is 1.49. The maximum Gasteiger partial charge on any atom is 0.240 e. The fourth-order valence-electron chi connectivity index (χ4n) is 4.11. The molecule has 3 rings (SSSR count). The summed E-state index contributed by atoms with van der Waals surface area (Å²) >= 11 is 0. The number of likely N-dealkylation sites (tertiary alicyclic amines) is 1. The zero-order chi connectivity index (χ0) is 17.0. The van der Waals surface area contributed by atoms with Crippen LogP contribution in [0.3, 0.4) is 0 Å². The van der Waals surface area contributed by atoms with E-state index in [9.17, 15) is 4.79 Å². The summed E-state index contributed by atoms with van der Waals surface area (Å²) < 4.78 is 0. The number of rotatable bonds is 4. The number of carbonyl (C=O) groups is 1. The summed E-state index contributed by atoms with van der Waals surface area (Å²) in [6.07, 6.45) is 7.07. The van der Waals surface area contributed by atoms with Gasteiger partial charge in [-0.15, -0.1) is 0 Å². The third kappa shape index (κ3) is 3.98. The van der Waals surface area contributed by atoms with E-state index < -0.39 is 5.54 Å². The first kappa shape index (κ1) is 17.4. The summed E-state index contributed by atoms with van der Waals surface area (Å²) in [4.78, 5) is 15.1. The van der Waals surface area contributed by atoms with Crippen molar-refractivity contribution in [1.29, 1.82) is 0 Å². The van der Waals surface area contributed by atoms with E-state index in [0.717, 1.165) is 51.6 Å². The molecule has 1 unspecified atom stereocenters. The fraction of sp³-hybridized carbons (Fsp3) is 0.650. The Morgan fingerprint density at radius 3 is 2.42 bits per heavy atom. The molecule has 4 heteroatoms. The summed E-state index contributed by atoms with van der Waals surface area (Å²) in [5, 5.41) is 3.24. The largest absolute Gasteiger partial charge is 0.352 e. The number of hydrogen-bond donors (Lipinski definition) is 2. The molecular weight excluding hydrogens is 298 g/mol. The monoisotopic (exact) mass is 329 g/mol. The van der Waals surface area contributed by atoms with Crippen LogP contribution in [0.25, 0.3) is 0 Å². The Bertz CT molecular complexity index is 531. The van der Waals surface area contributed by atoms with Crippen molar-refractivity contribution in [1.82, 2.24) is 10.2 Å². The third-order valence-electron chi connectivity index (χ3n) is 5.89. The number of piperidine rings is 1. The second-order valence-corrected chi connectivity index (χ2v) is 7.59. The molecule has 2 fully saturated rings. The van der Waals surface area contributed by atoms with E-state index in [0.29, 0.717) is 6.04 Å². The average Bonchev–Trinajstić information content (AvgIpc) is 2.63. The third-order valence-corrected chi connectivity index (χ3v) is 5.89. The molecule has 1 aromatic rings. The molecule has 1 saturated heterocycles. The minimum Gasteiger partial charge on any atom is -0.352 e. The van der Waals surface area contributed by atoms with E-state index in [2.05, 4.69) is 47.5 Å². The van der Waals surface area contributed by atoms with Gasteiger partial charge < -0.3 is 11.1 Å². The lowest BCUT2D eigenvalue weighted by Gasteiger charge is -2.38. The summed E-state index contributed by atoms with van der Waals surface area (Å²) in [5.74, 6) is 0.0803. The molecule has 1 heterocycles. The van der Waals surface area contributed by atoms with Crippen molar-refractivity contribution in [3.8, 4) is 0 Å². The minimum atomic E-state index is -0.618. The van der Waals surface area contributed by atoms with Gasteiger partial charge in [-0.05, 0) is 38.2 Å².